The molecule has 2 aliphatic rings. The van der Waals surface area contributed by atoms with Crippen LogP contribution in [-0.2, 0) is 4.79 Å². The minimum absolute atomic E-state index is 0.0614. The first kappa shape index (κ1) is 20.7. The summed E-state index contributed by atoms with van der Waals surface area (Å²) >= 11 is 0. The quantitative estimate of drug-likeness (QED) is 0.562. The number of rotatable bonds is 4. The molecule has 5 rings (SSSR count). The van der Waals surface area contributed by atoms with Crippen LogP contribution in [0.1, 0.15) is 41.4 Å². The zero-order valence-electron chi connectivity index (χ0n) is 18.1. The molecule has 33 heavy (non-hydrogen) atoms. The van der Waals surface area contributed by atoms with Crippen LogP contribution in [0.4, 0.5) is 5.82 Å². The topological polar surface area (TPSA) is 126 Å². The molecular weight excluding hydrogens is 424 g/mol. The molecule has 0 saturated heterocycles. The largest absolute Gasteiger partial charge is 0.493 e. The average Bonchev–Trinajstić information content (AvgIpc) is 2.82. The second-order valence-electron chi connectivity index (χ2n) is 8.08. The van der Waals surface area contributed by atoms with Crippen molar-refractivity contribution in [3.63, 3.8) is 0 Å². The molecule has 168 valence electrons. The van der Waals surface area contributed by atoms with E-state index in [2.05, 4.69) is 20.3 Å². The molecule has 0 fully saturated rings. The number of Topliss-reactive ketones (excluding diaryl/α,β-unsaturated/α-hetero) is 1. The number of nitrogens with one attached hydrogen (secondary N) is 3. The van der Waals surface area contributed by atoms with Crippen LogP contribution in [-0.4, -0.2) is 35.0 Å². The minimum atomic E-state index is -0.621. The number of nitrogens with zero attached hydrogens (tertiary/aromatic N) is 1. The molecule has 1 aliphatic carbocycles. The Morgan fingerprint density at radius 2 is 1.79 bits per heavy atom. The van der Waals surface area contributed by atoms with Crippen molar-refractivity contribution in [2.24, 2.45) is 0 Å². The maximum Gasteiger partial charge on any atom is 0.327 e. The van der Waals surface area contributed by atoms with Gasteiger partial charge in [0.1, 0.15) is 5.82 Å². The lowest BCUT2D eigenvalue weighted by Gasteiger charge is -2.35. The normalized spacial score (nSPS) is 19.4. The number of ether oxygens (including phenoxy) is 2. The highest BCUT2D eigenvalue weighted by atomic mass is 16.5. The summed E-state index contributed by atoms with van der Waals surface area (Å²) in [4.78, 5) is 47.4. The summed E-state index contributed by atoms with van der Waals surface area (Å²) in [5, 5.41) is 3.17. The summed E-state index contributed by atoms with van der Waals surface area (Å²) in [6, 6.07) is 9.21. The Hall–Kier alpha value is -4.14. The Bertz CT molecular complexity index is 1390. The standard InChI is InChI=1S/C24H22N4O5/c1-32-17-6-5-12(10-18(17)33-2)14-8-15-20(16(29)9-14)19(13-4-3-7-25-11-13)21-22(26-15)27-24(31)28-23(21)30/h3-7,10-11,14,19H,8-9H2,1-2H3,(H3,26,27,28,30,31)/t14-,19+/m1/s1. The van der Waals surface area contributed by atoms with Crippen LogP contribution in [0.25, 0.3) is 0 Å². The molecule has 3 aromatic rings. The van der Waals surface area contributed by atoms with Crippen molar-refractivity contribution in [1.29, 1.82) is 0 Å². The highest BCUT2D eigenvalue weighted by Gasteiger charge is 2.40. The van der Waals surface area contributed by atoms with Gasteiger partial charge in [0.05, 0.1) is 19.8 Å². The summed E-state index contributed by atoms with van der Waals surface area (Å²) in [5.41, 5.74) is 2.04. The van der Waals surface area contributed by atoms with Gasteiger partial charge in [0.2, 0.25) is 0 Å². The summed E-state index contributed by atoms with van der Waals surface area (Å²) in [6.07, 6.45) is 4.08. The molecule has 3 heterocycles. The van der Waals surface area contributed by atoms with Gasteiger partial charge >= 0.3 is 5.69 Å². The van der Waals surface area contributed by atoms with Crippen molar-refractivity contribution < 1.29 is 14.3 Å². The van der Waals surface area contributed by atoms with Crippen LogP contribution < -0.4 is 26.0 Å². The number of hydrogen-bond acceptors (Lipinski definition) is 7. The molecule has 2 atom stereocenters. The Balaban J connectivity index is 1.62. The smallest absolute Gasteiger partial charge is 0.327 e. The Morgan fingerprint density at radius 3 is 2.52 bits per heavy atom. The van der Waals surface area contributed by atoms with E-state index in [1.807, 2.05) is 24.3 Å². The summed E-state index contributed by atoms with van der Waals surface area (Å²) in [6.45, 7) is 0. The number of pyridine rings is 1. The number of carbonyl (C=O) groups excluding carboxylic acids is 1. The fraction of sp³-hybridized carbons (Fsp3) is 0.250. The SMILES string of the molecule is COc1ccc([C@H]2CC(=O)C3=C(C2)Nc2[nH]c(=O)[nH]c(=O)c2[C@H]3c2cccnc2)cc1OC. The second-order valence-corrected chi connectivity index (χ2v) is 8.08. The number of allylic oxidation sites excluding steroid dienone is 2. The maximum absolute atomic E-state index is 13.5. The van der Waals surface area contributed by atoms with E-state index in [-0.39, 0.29) is 18.1 Å². The number of hydrogen-bond donors (Lipinski definition) is 3. The van der Waals surface area contributed by atoms with Gasteiger partial charge in [0, 0.05) is 36.0 Å². The van der Waals surface area contributed by atoms with E-state index in [4.69, 9.17) is 9.47 Å². The van der Waals surface area contributed by atoms with Gasteiger partial charge in [0.15, 0.2) is 17.3 Å². The van der Waals surface area contributed by atoms with Crippen molar-refractivity contribution in [3.8, 4) is 11.5 Å². The molecule has 1 aliphatic heterocycles. The predicted octanol–water partition coefficient (Wildman–Crippen LogP) is 2.43. The van der Waals surface area contributed by atoms with Crippen LogP contribution in [0.2, 0.25) is 0 Å². The number of anilines is 1. The zero-order chi connectivity index (χ0) is 23.1. The lowest BCUT2D eigenvalue weighted by atomic mass is 9.73. The first-order valence-corrected chi connectivity index (χ1v) is 10.5. The molecule has 3 N–H and O–H groups in total. The molecule has 9 heteroatoms. The van der Waals surface area contributed by atoms with Crippen molar-refractivity contribution in [2.45, 2.75) is 24.7 Å². The van der Waals surface area contributed by atoms with E-state index in [9.17, 15) is 14.4 Å². The van der Waals surface area contributed by atoms with E-state index in [1.54, 1.807) is 32.7 Å². The van der Waals surface area contributed by atoms with Gasteiger partial charge in [-0.3, -0.25) is 24.5 Å². The number of aromatic amines is 2. The number of benzene rings is 1. The van der Waals surface area contributed by atoms with Crippen LogP contribution in [0.5, 0.6) is 11.5 Å². The molecule has 0 unspecified atom stereocenters. The van der Waals surface area contributed by atoms with Crippen LogP contribution >= 0.6 is 0 Å². The Morgan fingerprint density at radius 1 is 0.970 bits per heavy atom. The minimum Gasteiger partial charge on any atom is -0.493 e. The number of methoxy groups -OCH3 is 2. The number of carbonyl (C=O) groups is 1. The van der Waals surface area contributed by atoms with Crippen molar-refractivity contribution >= 4 is 11.6 Å². The molecule has 0 bridgehead atoms. The third-order valence-corrected chi connectivity index (χ3v) is 6.24. The van der Waals surface area contributed by atoms with E-state index in [0.29, 0.717) is 46.1 Å². The molecule has 2 aromatic heterocycles. The summed E-state index contributed by atoms with van der Waals surface area (Å²) in [7, 11) is 3.14. The second kappa shape index (κ2) is 8.09. The average molecular weight is 446 g/mol. The number of fused-ring (bicyclic) bond motifs is 1. The first-order chi connectivity index (χ1) is 16.0. The third kappa shape index (κ3) is 3.51. The van der Waals surface area contributed by atoms with Crippen molar-refractivity contribution in [3.05, 3.63) is 91.5 Å². The summed E-state index contributed by atoms with van der Waals surface area (Å²) < 4.78 is 10.8. The molecule has 0 radical (unpaired) electrons. The fourth-order valence-electron chi connectivity index (χ4n) is 4.77. The molecule has 9 nitrogen and oxygen atoms in total. The fourth-order valence-corrected chi connectivity index (χ4v) is 4.77. The van der Waals surface area contributed by atoms with E-state index in [0.717, 1.165) is 5.56 Å². The zero-order valence-corrected chi connectivity index (χ0v) is 18.1. The molecule has 0 amide bonds. The van der Waals surface area contributed by atoms with Gasteiger partial charge in [0.25, 0.3) is 5.56 Å². The lowest BCUT2D eigenvalue weighted by molar-refractivity contribution is -0.116. The number of ketones is 1. The lowest BCUT2D eigenvalue weighted by Crippen LogP contribution is -2.37. The van der Waals surface area contributed by atoms with Crippen LogP contribution in [0.3, 0.4) is 0 Å². The van der Waals surface area contributed by atoms with Crippen molar-refractivity contribution in [2.75, 3.05) is 19.5 Å². The number of aromatic nitrogens is 3. The molecular formula is C24H22N4O5. The highest BCUT2D eigenvalue weighted by Crippen LogP contribution is 2.46. The molecule has 0 spiro atoms. The van der Waals surface area contributed by atoms with Crippen molar-refractivity contribution in [1.82, 2.24) is 15.0 Å². The van der Waals surface area contributed by atoms with Gasteiger partial charge in [-0.15, -0.1) is 0 Å². The molecule has 1 aromatic carbocycles. The van der Waals surface area contributed by atoms with Gasteiger partial charge in [-0.2, -0.15) is 0 Å². The van der Waals surface area contributed by atoms with Crippen LogP contribution in [0, 0.1) is 0 Å². The monoisotopic (exact) mass is 446 g/mol. The molecule has 0 saturated carbocycles. The predicted molar refractivity (Wildman–Crippen MR) is 121 cm³/mol. The van der Waals surface area contributed by atoms with E-state index in [1.165, 1.54) is 0 Å². The van der Waals surface area contributed by atoms with Gasteiger partial charge in [-0.05, 0) is 41.7 Å². The van der Waals surface area contributed by atoms with Gasteiger partial charge in [-0.25, -0.2) is 4.79 Å². The van der Waals surface area contributed by atoms with E-state index >= 15 is 0 Å². The van der Waals surface area contributed by atoms with Gasteiger partial charge in [-0.1, -0.05) is 12.1 Å². The van der Waals surface area contributed by atoms with Gasteiger partial charge < -0.3 is 14.8 Å². The van der Waals surface area contributed by atoms with Crippen LogP contribution in [0.15, 0.2) is 63.6 Å². The Labute approximate surface area is 188 Å². The maximum atomic E-state index is 13.5. The number of H-pyrrole nitrogens is 2. The third-order valence-electron chi connectivity index (χ3n) is 6.24. The highest BCUT2D eigenvalue weighted by molar-refractivity contribution is 6.01. The summed E-state index contributed by atoms with van der Waals surface area (Å²) in [5.74, 6) is 0.721. The first-order valence-electron chi connectivity index (χ1n) is 10.5. The van der Waals surface area contributed by atoms with E-state index < -0.39 is 17.2 Å². The Kier molecular flexibility index (Phi) is 5.08.